The minimum atomic E-state index is -4.90. The SMILES string of the molecule is Cn1cnc(OC(=O)N(Cc2ccc(F)c(C(F)(F)F)c2)CC2C3CN(CCC(F)(F)F)CC32)c1. The lowest BCUT2D eigenvalue weighted by molar-refractivity contribution is -0.140. The summed E-state index contributed by atoms with van der Waals surface area (Å²) in [6.45, 7) is 0.715. The van der Waals surface area contributed by atoms with Crippen LogP contribution in [0.4, 0.5) is 35.5 Å². The molecule has 1 amide bonds. The molecule has 1 saturated heterocycles. The van der Waals surface area contributed by atoms with Gasteiger partial charge in [-0.2, -0.15) is 26.3 Å². The number of alkyl halides is 6. The average molecular weight is 508 g/mol. The largest absolute Gasteiger partial charge is 0.419 e. The summed E-state index contributed by atoms with van der Waals surface area (Å²) in [5.74, 6) is -1.25. The number of carbonyl (C=O) groups excluding carboxylic acids is 1. The van der Waals surface area contributed by atoms with Crippen LogP contribution in [0.25, 0.3) is 0 Å². The van der Waals surface area contributed by atoms with Gasteiger partial charge in [0.05, 0.1) is 24.5 Å². The van der Waals surface area contributed by atoms with Crippen molar-refractivity contribution in [3.05, 3.63) is 47.7 Å². The van der Waals surface area contributed by atoms with Crippen molar-refractivity contribution in [2.24, 2.45) is 24.8 Å². The first kappa shape index (κ1) is 25.3. The average Bonchev–Trinajstić information content (AvgIpc) is 3.05. The Morgan fingerprint density at radius 1 is 1.17 bits per heavy atom. The van der Waals surface area contributed by atoms with Crippen LogP contribution in [0.5, 0.6) is 5.88 Å². The standard InChI is InChI=1S/C22H23F7N4O2/c1-31-11-19(30-12-31)35-20(34)33(7-13-2-3-18(23)17(6-13)22(27,28)29)10-16-14-8-32(9-15(14)16)5-4-21(24,25)26/h2-3,6,11-12,14-16H,4-5,7-10H2,1H3. The van der Waals surface area contributed by atoms with E-state index < -0.39 is 36.2 Å². The molecule has 192 valence electrons. The number of rotatable bonds is 7. The number of fused-ring (bicyclic) bond motifs is 1. The summed E-state index contributed by atoms with van der Waals surface area (Å²) >= 11 is 0. The Morgan fingerprint density at radius 3 is 2.43 bits per heavy atom. The van der Waals surface area contributed by atoms with Crippen molar-refractivity contribution < 1.29 is 40.3 Å². The maximum absolute atomic E-state index is 13.7. The minimum Gasteiger partial charge on any atom is -0.389 e. The molecule has 13 heteroatoms. The number of amides is 1. The lowest BCUT2D eigenvalue weighted by atomic mass is 10.1. The van der Waals surface area contributed by atoms with E-state index in [-0.39, 0.29) is 48.8 Å². The highest BCUT2D eigenvalue weighted by Gasteiger charge is 2.56. The summed E-state index contributed by atoms with van der Waals surface area (Å²) in [6.07, 6.45) is -8.01. The molecule has 1 aliphatic heterocycles. The number of carbonyl (C=O) groups is 1. The number of hydrogen-bond acceptors (Lipinski definition) is 4. The Hall–Kier alpha value is -2.83. The summed E-state index contributed by atoms with van der Waals surface area (Å²) < 4.78 is 97.3. The van der Waals surface area contributed by atoms with Gasteiger partial charge >= 0.3 is 18.4 Å². The van der Waals surface area contributed by atoms with E-state index in [0.717, 1.165) is 6.07 Å². The molecule has 35 heavy (non-hydrogen) atoms. The quantitative estimate of drug-likeness (QED) is 0.509. The smallest absolute Gasteiger partial charge is 0.389 e. The summed E-state index contributed by atoms with van der Waals surface area (Å²) in [5.41, 5.74) is -1.37. The van der Waals surface area contributed by atoms with Gasteiger partial charge in [-0.1, -0.05) is 6.07 Å². The Balaban J connectivity index is 1.44. The van der Waals surface area contributed by atoms with Crippen LogP contribution >= 0.6 is 0 Å². The van der Waals surface area contributed by atoms with Crippen LogP contribution in [-0.2, 0) is 19.8 Å². The molecule has 2 unspecified atom stereocenters. The van der Waals surface area contributed by atoms with E-state index >= 15 is 0 Å². The topological polar surface area (TPSA) is 50.6 Å². The third-order valence-electron chi connectivity index (χ3n) is 6.43. The lowest BCUT2D eigenvalue weighted by Crippen LogP contribution is -2.37. The van der Waals surface area contributed by atoms with Crippen LogP contribution in [0.1, 0.15) is 17.5 Å². The summed E-state index contributed by atoms with van der Waals surface area (Å²) in [6, 6.07) is 2.52. The van der Waals surface area contributed by atoms with Crippen LogP contribution in [0.2, 0.25) is 0 Å². The molecule has 1 saturated carbocycles. The molecular weight excluding hydrogens is 485 g/mol. The third-order valence-corrected chi connectivity index (χ3v) is 6.43. The molecule has 1 aromatic carbocycles. The fraction of sp³-hybridized carbons (Fsp3) is 0.545. The van der Waals surface area contributed by atoms with Crippen molar-refractivity contribution >= 4 is 6.09 Å². The van der Waals surface area contributed by atoms with Crippen molar-refractivity contribution in [3.8, 4) is 5.88 Å². The van der Waals surface area contributed by atoms with E-state index in [0.29, 0.717) is 25.2 Å². The second-order valence-electron chi connectivity index (χ2n) is 9.05. The van der Waals surface area contributed by atoms with Crippen LogP contribution in [0, 0.1) is 23.6 Å². The van der Waals surface area contributed by atoms with E-state index in [1.54, 1.807) is 16.5 Å². The number of aryl methyl sites for hydroxylation is 1. The van der Waals surface area contributed by atoms with E-state index in [1.165, 1.54) is 17.4 Å². The summed E-state index contributed by atoms with van der Waals surface area (Å²) in [7, 11) is 1.66. The zero-order chi connectivity index (χ0) is 25.5. The second kappa shape index (κ2) is 9.32. The highest BCUT2D eigenvalue weighted by molar-refractivity contribution is 5.70. The van der Waals surface area contributed by atoms with Gasteiger partial charge in [-0.15, -0.1) is 0 Å². The van der Waals surface area contributed by atoms with Crippen LogP contribution in [-0.4, -0.2) is 57.8 Å². The van der Waals surface area contributed by atoms with Crippen LogP contribution in [0.15, 0.2) is 30.7 Å². The minimum absolute atomic E-state index is 0.00639. The van der Waals surface area contributed by atoms with Crippen molar-refractivity contribution in [2.75, 3.05) is 26.2 Å². The Labute approximate surface area is 196 Å². The predicted molar refractivity (Wildman–Crippen MR) is 109 cm³/mol. The van der Waals surface area contributed by atoms with Crippen LogP contribution < -0.4 is 4.74 Å². The zero-order valence-electron chi connectivity index (χ0n) is 18.6. The number of halogens is 7. The summed E-state index contributed by atoms with van der Waals surface area (Å²) in [5, 5.41) is 0. The van der Waals surface area contributed by atoms with Crippen molar-refractivity contribution in [1.29, 1.82) is 0 Å². The van der Waals surface area contributed by atoms with E-state index in [9.17, 15) is 35.5 Å². The number of ether oxygens (including phenoxy) is 1. The van der Waals surface area contributed by atoms with Gasteiger partial charge in [0.1, 0.15) is 5.82 Å². The highest BCUT2D eigenvalue weighted by Crippen LogP contribution is 2.52. The monoisotopic (exact) mass is 508 g/mol. The molecular formula is C22H23F7N4O2. The van der Waals surface area contributed by atoms with Crippen LogP contribution in [0.3, 0.4) is 0 Å². The first-order chi connectivity index (χ1) is 16.3. The maximum Gasteiger partial charge on any atom is 0.419 e. The number of benzene rings is 1. The molecule has 0 bridgehead atoms. The molecule has 2 aliphatic rings. The first-order valence-corrected chi connectivity index (χ1v) is 10.9. The number of imidazole rings is 1. The molecule has 4 rings (SSSR count). The molecule has 0 radical (unpaired) electrons. The molecule has 0 N–H and O–H groups in total. The van der Waals surface area contributed by atoms with Gasteiger partial charge in [-0.25, -0.2) is 14.2 Å². The van der Waals surface area contributed by atoms with Gasteiger partial charge in [0.25, 0.3) is 0 Å². The number of piperidine rings is 1. The molecule has 2 fully saturated rings. The van der Waals surface area contributed by atoms with Crippen molar-refractivity contribution in [1.82, 2.24) is 19.4 Å². The molecule has 0 spiro atoms. The maximum atomic E-state index is 13.7. The normalized spacial score (nSPS) is 22.2. The van der Waals surface area contributed by atoms with Gasteiger partial charge in [0, 0.05) is 39.8 Å². The molecule has 2 atom stereocenters. The van der Waals surface area contributed by atoms with Crippen molar-refractivity contribution in [3.63, 3.8) is 0 Å². The van der Waals surface area contributed by atoms with Gasteiger partial charge in [0.2, 0.25) is 5.88 Å². The van der Waals surface area contributed by atoms with E-state index in [2.05, 4.69) is 4.98 Å². The molecule has 1 aromatic heterocycles. The van der Waals surface area contributed by atoms with Gasteiger partial charge < -0.3 is 19.1 Å². The molecule has 2 aromatic rings. The van der Waals surface area contributed by atoms with Crippen molar-refractivity contribution in [2.45, 2.75) is 25.3 Å². The number of aromatic nitrogens is 2. The predicted octanol–water partition coefficient (Wildman–Crippen LogP) is 4.71. The fourth-order valence-electron chi connectivity index (χ4n) is 4.64. The third kappa shape index (κ3) is 6.24. The van der Waals surface area contributed by atoms with E-state index in [1.807, 2.05) is 0 Å². The molecule has 6 nitrogen and oxygen atoms in total. The number of hydrogen-bond donors (Lipinski definition) is 0. The Morgan fingerprint density at radius 2 is 1.86 bits per heavy atom. The van der Waals surface area contributed by atoms with Gasteiger partial charge in [-0.3, -0.25) is 0 Å². The highest BCUT2D eigenvalue weighted by atomic mass is 19.4. The zero-order valence-corrected chi connectivity index (χ0v) is 18.6. The first-order valence-electron chi connectivity index (χ1n) is 10.9. The number of likely N-dealkylation sites (tertiary alicyclic amines) is 1. The Kier molecular flexibility index (Phi) is 6.73. The van der Waals surface area contributed by atoms with Gasteiger partial charge in [-0.05, 0) is 35.4 Å². The van der Waals surface area contributed by atoms with Gasteiger partial charge in [0.15, 0.2) is 0 Å². The summed E-state index contributed by atoms with van der Waals surface area (Å²) in [4.78, 5) is 19.7. The lowest BCUT2D eigenvalue weighted by Gasteiger charge is -2.25. The molecule has 2 heterocycles. The number of nitrogens with zero attached hydrogens (tertiary/aromatic N) is 4. The Bertz CT molecular complexity index is 1060. The second-order valence-corrected chi connectivity index (χ2v) is 9.05. The fourth-order valence-corrected chi connectivity index (χ4v) is 4.64. The van der Waals surface area contributed by atoms with E-state index in [4.69, 9.17) is 4.74 Å². The molecule has 1 aliphatic carbocycles.